The van der Waals surface area contributed by atoms with Gasteiger partial charge >= 0.3 is 0 Å². The Kier molecular flexibility index (Phi) is 4.05. The number of aryl methyl sites for hydroxylation is 1. The molecule has 0 aliphatic rings. The molecule has 28 heavy (non-hydrogen) atoms. The van der Waals surface area contributed by atoms with E-state index in [1.54, 1.807) is 4.52 Å². The highest BCUT2D eigenvalue weighted by Gasteiger charge is 2.23. The minimum absolute atomic E-state index is 0.134. The van der Waals surface area contributed by atoms with Crippen LogP contribution >= 0.6 is 11.3 Å². The van der Waals surface area contributed by atoms with Crippen LogP contribution in [0.2, 0.25) is 0 Å². The van der Waals surface area contributed by atoms with E-state index < -0.39 is 0 Å². The lowest BCUT2D eigenvalue weighted by atomic mass is 10.3. The van der Waals surface area contributed by atoms with Gasteiger partial charge in [-0.1, -0.05) is 42.5 Å². The largest absolute Gasteiger partial charge is 0.483 e. The second-order valence-electron chi connectivity index (χ2n) is 6.46. The first-order chi connectivity index (χ1) is 13.7. The van der Waals surface area contributed by atoms with Gasteiger partial charge in [0, 0.05) is 6.20 Å². The van der Waals surface area contributed by atoms with Gasteiger partial charge in [-0.25, -0.2) is 4.98 Å². The fourth-order valence-electron chi connectivity index (χ4n) is 3.26. The molecule has 0 amide bonds. The molecule has 5 rings (SSSR count). The molecule has 0 aliphatic carbocycles. The van der Waals surface area contributed by atoms with Crippen molar-refractivity contribution in [3.05, 3.63) is 65.4 Å². The molecule has 0 N–H and O–H groups in total. The van der Waals surface area contributed by atoms with E-state index in [0.29, 0.717) is 5.82 Å². The normalized spacial score (nSPS) is 12.6. The van der Waals surface area contributed by atoms with Gasteiger partial charge in [-0.3, -0.25) is 4.40 Å². The lowest BCUT2D eigenvalue weighted by Crippen LogP contribution is -2.07. The maximum absolute atomic E-state index is 6.14. The Balaban J connectivity index is 1.58. The number of nitrogens with zero attached hydrogens (tertiary/aromatic N) is 6. The number of para-hydroxylation sites is 1. The van der Waals surface area contributed by atoms with Crippen LogP contribution in [0.15, 0.2) is 54.7 Å². The summed E-state index contributed by atoms with van der Waals surface area (Å²) in [6, 6.07) is 15.7. The molecule has 0 unspecified atom stereocenters. The molecule has 0 fully saturated rings. The van der Waals surface area contributed by atoms with Crippen molar-refractivity contribution in [2.75, 3.05) is 0 Å². The number of benzene rings is 1. The molecule has 5 aromatic rings. The van der Waals surface area contributed by atoms with E-state index in [9.17, 15) is 0 Å². The van der Waals surface area contributed by atoms with Gasteiger partial charge in [-0.2, -0.15) is 9.61 Å². The second kappa shape index (κ2) is 6.72. The number of pyridine rings is 1. The summed E-state index contributed by atoms with van der Waals surface area (Å²) in [4.78, 5) is 5.36. The van der Waals surface area contributed by atoms with Gasteiger partial charge in [0.1, 0.15) is 17.1 Å². The first kappa shape index (κ1) is 16.9. The predicted octanol–water partition coefficient (Wildman–Crippen LogP) is 4.34. The lowest BCUT2D eigenvalue weighted by molar-refractivity contribution is 0.199. The summed E-state index contributed by atoms with van der Waals surface area (Å²) in [6.07, 6.45) is 2.65. The maximum Gasteiger partial charge on any atom is 0.235 e. The molecule has 8 heteroatoms. The van der Waals surface area contributed by atoms with Crippen LogP contribution in [0.3, 0.4) is 0 Å². The minimum Gasteiger partial charge on any atom is -0.483 e. The van der Waals surface area contributed by atoms with E-state index in [-0.39, 0.29) is 6.10 Å². The number of hydrogen-bond acceptors (Lipinski definition) is 6. The number of imidazole rings is 1. The summed E-state index contributed by atoms with van der Waals surface area (Å²) in [5.74, 6) is 1.52. The van der Waals surface area contributed by atoms with Crippen molar-refractivity contribution in [2.45, 2.75) is 26.4 Å². The van der Waals surface area contributed by atoms with Crippen LogP contribution < -0.4 is 4.74 Å². The molecule has 0 spiro atoms. The molecule has 4 aromatic heterocycles. The summed E-state index contributed by atoms with van der Waals surface area (Å²) in [6.45, 7) is 4.07. The first-order valence-corrected chi connectivity index (χ1v) is 9.94. The first-order valence-electron chi connectivity index (χ1n) is 9.12. The van der Waals surface area contributed by atoms with Gasteiger partial charge in [-0.05, 0) is 37.6 Å². The van der Waals surface area contributed by atoms with Crippen molar-refractivity contribution in [1.29, 1.82) is 0 Å². The number of hydrogen-bond donors (Lipinski definition) is 0. The highest BCUT2D eigenvalue weighted by Crippen LogP contribution is 2.30. The molecule has 0 saturated heterocycles. The van der Waals surface area contributed by atoms with Gasteiger partial charge in [0.05, 0.1) is 5.69 Å². The Hall–Kier alpha value is -3.26. The maximum atomic E-state index is 6.14. The zero-order valence-corrected chi connectivity index (χ0v) is 16.3. The van der Waals surface area contributed by atoms with Crippen LogP contribution in [0.1, 0.15) is 30.2 Å². The standard InChI is InChI=1S/C20H18N6OS/c1-3-15(27-14-9-5-4-6-10-14)19-24-26-18(22-23-20(26)28-19)17-13(2)21-16-11-7-8-12-25(16)17/h4-12,15H,3H2,1-2H3/t15-/m1/s1. The fraction of sp³-hybridized carbons (Fsp3) is 0.200. The Bertz CT molecular complexity index is 1260. The van der Waals surface area contributed by atoms with E-state index in [1.807, 2.05) is 66.1 Å². The van der Waals surface area contributed by atoms with Crippen LogP contribution in [0.5, 0.6) is 5.75 Å². The van der Waals surface area contributed by atoms with Gasteiger partial charge in [0.2, 0.25) is 10.8 Å². The van der Waals surface area contributed by atoms with Crippen molar-refractivity contribution < 1.29 is 4.74 Å². The van der Waals surface area contributed by atoms with Crippen molar-refractivity contribution in [3.8, 4) is 17.3 Å². The fourth-order valence-corrected chi connectivity index (χ4v) is 4.22. The minimum atomic E-state index is -0.134. The van der Waals surface area contributed by atoms with Crippen molar-refractivity contribution in [3.63, 3.8) is 0 Å². The predicted molar refractivity (Wildman–Crippen MR) is 108 cm³/mol. The third kappa shape index (κ3) is 2.73. The van der Waals surface area contributed by atoms with Crippen LogP contribution in [0.4, 0.5) is 0 Å². The quantitative estimate of drug-likeness (QED) is 0.446. The molecule has 1 atom stereocenters. The summed E-state index contributed by atoms with van der Waals surface area (Å²) >= 11 is 1.50. The van der Waals surface area contributed by atoms with Crippen LogP contribution in [-0.4, -0.2) is 29.2 Å². The smallest absolute Gasteiger partial charge is 0.235 e. The van der Waals surface area contributed by atoms with Crippen LogP contribution in [-0.2, 0) is 0 Å². The number of fused-ring (bicyclic) bond motifs is 2. The Morgan fingerprint density at radius 3 is 2.71 bits per heavy atom. The molecular weight excluding hydrogens is 372 g/mol. The number of aromatic nitrogens is 6. The lowest BCUT2D eigenvalue weighted by Gasteiger charge is -2.14. The molecule has 1 aromatic carbocycles. The van der Waals surface area contributed by atoms with Gasteiger partial charge in [-0.15, -0.1) is 10.2 Å². The molecule has 140 valence electrons. The van der Waals surface area contributed by atoms with E-state index in [0.717, 1.165) is 39.2 Å². The van der Waals surface area contributed by atoms with Gasteiger partial charge in [0.25, 0.3) is 0 Å². The molecule has 0 radical (unpaired) electrons. The Labute approximate surface area is 165 Å². The van der Waals surface area contributed by atoms with Gasteiger partial charge in [0.15, 0.2) is 11.1 Å². The van der Waals surface area contributed by atoms with E-state index in [4.69, 9.17) is 9.84 Å². The molecule has 4 heterocycles. The molecule has 0 bridgehead atoms. The molecule has 0 aliphatic heterocycles. The number of ether oxygens (including phenoxy) is 1. The van der Waals surface area contributed by atoms with Crippen molar-refractivity contribution in [1.82, 2.24) is 29.2 Å². The summed E-state index contributed by atoms with van der Waals surface area (Å²) in [5.41, 5.74) is 2.67. The van der Waals surface area contributed by atoms with Crippen molar-refractivity contribution >= 4 is 21.9 Å². The number of rotatable bonds is 5. The summed E-state index contributed by atoms with van der Waals surface area (Å²) in [7, 11) is 0. The highest BCUT2D eigenvalue weighted by molar-refractivity contribution is 7.16. The van der Waals surface area contributed by atoms with E-state index >= 15 is 0 Å². The average Bonchev–Trinajstić information content (AvgIpc) is 3.39. The van der Waals surface area contributed by atoms with E-state index in [2.05, 4.69) is 22.1 Å². The second-order valence-corrected chi connectivity index (χ2v) is 7.45. The highest BCUT2D eigenvalue weighted by atomic mass is 32.1. The van der Waals surface area contributed by atoms with Crippen molar-refractivity contribution in [2.24, 2.45) is 0 Å². The Morgan fingerprint density at radius 2 is 1.89 bits per heavy atom. The van der Waals surface area contributed by atoms with Crippen LogP contribution in [0, 0.1) is 6.92 Å². The molecule has 0 saturated carbocycles. The van der Waals surface area contributed by atoms with Gasteiger partial charge < -0.3 is 4.74 Å². The summed E-state index contributed by atoms with van der Waals surface area (Å²) in [5, 5.41) is 14.4. The third-order valence-electron chi connectivity index (χ3n) is 4.59. The SMILES string of the molecule is CC[C@@H](Oc1ccccc1)c1nn2c(-c3c(C)nc4ccccn34)nnc2s1. The van der Waals surface area contributed by atoms with Crippen LogP contribution in [0.25, 0.3) is 22.1 Å². The summed E-state index contributed by atoms with van der Waals surface area (Å²) < 4.78 is 9.95. The average molecular weight is 390 g/mol. The Morgan fingerprint density at radius 1 is 1.07 bits per heavy atom. The zero-order valence-electron chi connectivity index (χ0n) is 15.5. The molecular formula is C20H18N6OS. The van der Waals surface area contributed by atoms with E-state index in [1.165, 1.54) is 11.3 Å². The molecule has 7 nitrogen and oxygen atoms in total. The zero-order chi connectivity index (χ0) is 19.1. The third-order valence-corrected chi connectivity index (χ3v) is 5.58. The topological polar surface area (TPSA) is 69.6 Å². The monoisotopic (exact) mass is 390 g/mol.